The molecule has 4 heterocycles. The van der Waals surface area contributed by atoms with Crippen molar-refractivity contribution in [3.8, 4) is 0 Å². The number of rotatable bonds is 4. The predicted molar refractivity (Wildman–Crippen MR) is 95.5 cm³/mol. The summed E-state index contributed by atoms with van der Waals surface area (Å²) in [4.78, 5) is 5.21. The van der Waals surface area contributed by atoms with Gasteiger partial charge >= 0.3 is 6.18 Å². The van der Waals surface area contributed by atoms with E-state index in [4.69, 9.17) is 4.74 Å². The fourth-order valence-electron chi connectivity index (χ4n) is 4.50. The Kier molecular flexibility index (Phi) is 4.96. The molecule has 11 heteroatoms. The highest BCUT2D eigenvalue weighted by molar-refractivity contribution is 7.89. The van der Waals surface area contributed by atoms with Gasteiger partial charge in [-0.15, -0.1) is 0 Å². The highest BCUT2D eigenvalue weighted by Crippen LogP contribution is 2.44. The van der Waals surface area contributed by atoms with Crippen LogP contribution in [0.1, 0.15) is 24.2 Å². The summed E-state index contributed by atoms with van der Waals surface area (Å²) in [6.45, 7) is 4.24. The first kappa shape index (κ1) is 21.0. The van der Waals surface area contributed by atoms with Crippen LogP contribution in [0.5, 0.6) is 0 Å². The van der Waals surface area contributed by atoms with Crippen LogP contribution in [0.4, 0.5) is 17.6 Å². The van der Waals surface area contributed by atoms with Crippen LogP contribution in [0.2, 0.25) is 0 Å². The van der Waals surface area contributed by atoms with Crippen LogP contribution < -0.4 is 0 Å². The number of pyridine rings is 1. The van der Waals surface area contributed by atoms with E-state index in [1.54, 1.807) is 0 Å². The minimum Gasteiger partial charge on any atom is -0.381 e. The molecule has 0 amide bonds. The number of sulfonamides is 1. The second-order valence-corrected chi connectivity index (χ2v) is 10.4. The molecule has 3 saturated heterocycles. The maximum absolute atomic E-state index is 14.8. The highest BCUT2D eigenvalue weighted by atomic mass is 32.2. The number of nitrogens with zero attached hydrogens (tertiary/aromatic N) is 3. The van der Waals surface area contributed by atoms with E-state index in [-0.39, 0.29) is 29.1 Å². The topological polar surface area (TPSA) is 62.7 Å². The van der Waals surface area contributed by atoms with Gasteiger partial charge in [-0.05, 0) is 19.1 Å². The third kappa shape index (κ3) is 3.89. The molecule has 0 atom stereocenters. The summed E-state index contributed by atoms with van der Waals surface area (Å²) in [6.07, 6.45) is -3.88. The van der Waals surface area contributed by atoms with Crippen LogP contribution in [0.15, 0.2) is 17.0 Å². The van der Waals surface area contributed by atoms with Crippen molar-refractivity contribution >= 4 is 10.0 Å². The molecule has 0 saturated carbocycles. The number of aryl methyl sites for hydroxylation is 1. The summed E-state index contributed by atoms with van der Waals surface area (Å²) in [5.74, 6) is 0. The molecule has 162 valence electrons. The quantitative estimate of drug-likeness (QED) is 0.677. The van der Waals surface area contributed by atoms with Crippen molar-refractivity contribution in [2.45, 2.75) is 36.5 Å². The molecule has 3 aliphatic rings. The molecule has 0 aromatic carbocycles. The molecule has 1 spiro atoms. The molecular formula is C18H23F4N3O3S. The van der Waals surface area contributed by atoms with E-state index >= 15 is 0 Å². The van der Waals surface area contributed by atoms with Gasteiger partial charge in [0.05, 0.1) is 5.69 Å². The lowest BCUT2D eigenvalue weighted by atomic mass is 9.73. The maximum Gasteiger partial charge on any atom is 0.433 e. The number of hydrogen-bond acceptors (Lipinski definition) is 5. The van der Waals surface area contributed by atoms with Crippen molar-refractivity contribution in [1.29, 1.82) is 0 Å². The van der Waals surface area contributed by atoms with Crippen LogP contribution in [0.25, 0.3) is 0 Å². The Labute approximate surface area is 166 Å². The molecule has 3 fully saturated rings. The Balaban J connectivity index is 1.36. The Hall–Kier alpha value is -1.30. The first-order valence-electron chi connectivity index (χ1n) is 9.47. The van der Waals surface area contributed by atoms with Crippen molar-refractivity contribution in [2.24, 2.45) is 5.41 Å². The fourth-order valence-corrected chi connectivity index (χ4v) is 6.32. The number of halogens is 4. The molecular weight excluding hydrogens is 414 g/mol. The number of alkyl halides is 4. The van der Waals surface area contributed by atoms with Crippen LogP contribution in [-0.2, 0) is 20.9 Å². The minimum atomic E-state index is -4.62. The van der Waals surface area contributed by atoms with Crippen LogP contribution in [0.3, 0.4) is 0 Å². The average molecular weight is 437 g/mol. The first-order chi connectivity index (χ1) is 13.4. The van der Waals surface area contributed by atoms with Gasteiger partial charge < -0.3 is 4.74 Å². The molecule has 1 aromatic rings. The van der Waals surface area contributed by atoms with E-state index in [2.05, 4.69) is 4.98 Å². The average Bonchev–Trinajstić information content (AvgIpc) is 2.55. The van der Waals surface area contributed by atoms with Gasteiger partial charge in [0.25, 0.3) is 0 Å². The molecule has 0 unspecified atom stereocenters. The molecule has 0 N–H and O–H groups in total. The lowest BCUT2D eigenvalue weighted by molar-refractivity contribution is -0.141. The molecule has 3 aliphatic heterocycles. The second kappa shape index (κ2) is 6.86. The van der Waals surface area contributed by atoms with Gasteiger partial charge in [0.1, 0.15) is 16.3 Å². The van der Waals surface area contributed by atoms with E-state index in [9.17, 15) is 26.0 Å². The van der Waals surface area contributed by atoms with E-state index < -0.39 is 27.6 Å². The third-order valence-electron chi connectivity index (χ3n) is 5.98. The van der Waals surface area contributed by atoms with Crippen molar-refractivity contribution in [2.75, 3.05) is 45.9 Å². The monoisotopic (exact) mass is 437 g/mol. The van der Waals surface area contributed by atoms with Gasteiger partial charge in [0.15, 0.2) is 0 Å². The number of hydrogen-bond donors (Lipinski definition) is 0. The van der Waals surface area contributed by atoms with Gasteiger partial charge in [-0.25, -0.2) is 17.8 Å². The Bertz CT molecular complexity index is 886. The highest BCUT2D eigenvalue weighted by Gasteiger charge is 2.56. The van der Waals surface area contributed by atoms with E-state index in [0.717, 1.165) is 6.07 Å². The molecule has 0 bridgehead atoms. The Morgan fingerprint density at radius 1 is 1.14 bits per heavy atom. The maximum atomic E-state index is 14.8. The Morgan fingerprint density at radius 2 is 1.76 bits per heavy atom. The number of aromatic nitrogens is 1. The zero-order valence-electron chi connectivity index (χ0n) is 16.0. The van der Waals surface area contributed by atoms with Crippen LogP contribution in [0, 0.1) is 12.3 Å². The molecule has 0 radical (unpaired) electrons. The summed E-state index contributed by atoms with van der Waals surface area (Å²) in [5.41, 5.74) is -2.73. The third-order valence-corrected chi connectivity index (χ3v) is 7.91. The SMILES string of the molecule is Cc1nc(C(F)(F)F)ccc1S(=O)(=O)N1CC2(CN(CC3(F)CCOCC3)C2)C1. The smallest absolute Gasteiger partial charge is 0.381 e. The second-order valence-electron chi connectivity index (χ2n) is 8.46. The van der Waals surface area contributed by atoms with Crippen LogP contribution in [-0.4, -0.2) is 74.2 Å². The van der Waals surface area contributed by atoms with Gasteiger partial charge in [-0.3, -0.25) is 4.90 Å². The van der Waals surface area contributed by atoms with Gasteiger partial charge in [-0.1, -0.05) is 0 Å². The zero-order chi connectivity index (χ0) is 21.1. The summed E-state index contributed by atoms with van der Waals surface area (Å²) in [7, 11) is -3.90. The number of likely N-dealkylation sites (tertiary alicyclic amines) is 1. The molecule has 6 nitrogen and oxygen atoms in total. The van der Waals surface area contributed by atoms with Gasteiger partial charge in [0, 0.05) is 64.2 Å². The molecule has 4 rings (SSSR count). The summed E-state index contributed by atoms with van der Waals surface area (Å²) in [5, 5.41) is 0. The standard InChI is InChI=1S/C18H23F4N3O3S/c1-13-14(2-3-15(23-13)18(20,21)22)29(26,27)25-10-16(11-25)8-24(9-16)12-17(19)4-6-28-7-5-17/h2-3H,4-12H2,1H3. The molecule has 29 heavy (non-hydrogen) atoms. The van der Waals surface area contributed by atoms with Crippen LogP contribution >= 0.6 is 0 Å². The molecule has 0 aliphatic carbocycles. The van der Waals surface area contributed by atoms with Gasteiger partial charge in [-0.2, -0.15) is 17.5 Å². The first-order valence-corrected chi connectivity index (χ1v) is 10.9. The predicted octanol–water partition coefficient (Wildman–Crippen LogP) is 2.23. The fraction of sp³-hybridized carbons (Fsp3) is 0.722. The van der Waals surface area contributed by atoms with E-state index in [0.29, 0.717) is 51.8 Å². The summed E-state index contributed by atoms with van der Waals surface area (Å²) < 4.78 is 85.1. The van der Waals surface area contributed by atoms with Gasteiger partial charge in [0.2, 0.25) is 10.0 Å². The van der Waals surface area contributed by atoms with E-state index in [1.165, 1.54) is 11.2 Å². The van der Waals surface area contributed by atoms with Crippen molar-refractivity contribution in [1.82, 2.24) is 14.2 Å². The summed E-state index contributed by atoms with van der Waals surface area (Å²) in [6, 6.07) is 1.66. The van der Waals surface area contributed by atoms with Crippen molar-refractivity contribution in [3.05, 3.63) is 23.5 Å². The van der Waals surface area contributed by atoms with Crippen molar-refractivity contribution in [3.63, 3.8) is 0 Å². The lowest BCUT2D eigenvalue weighted by Gasteiger charge is -2.60. The largest absolute Gasteiger partial charge is 0.433 e. The van der Waals surface area contributed by atoms with Crippen molar-refractivity contribution < 1.29 is 30.7 Å². The minimum absolute atomic E-state index is 0.171. The normalized spacial score (nSPS) is 24.9. The molecule has 1 aromatic heterocycles. The summed E-state index contributed by atoms with van der Waals surface area (Å²) >= 11 is 0. The lowest BCUT2D eigenvalue weighted by Crippen LogP contribution is -2.73. The Morgan fingerprint density at radius 3 is 2.31 bits per heavy atom. The van der Waals surface area contributed by atoms with E-state index in [1.807, 2.05) is 4.90 Å². The zero-order valence-corrected chi connectivity index (χ0v) is 16.8. The number of ether oxygens (including phenoxy) is 1.